The van der Waals surface area contributed by atoms with Crippen molar-refractivity contribution in [2.45, 2.75) is 0 Å². The van der Waals surface area contributed by atoms with Gasteiger partial charge in [-0.25, -0.2) is 0 Å². The fourth-order valence-corrected chi connectivity index (χ4v) is 1.48. The summed E-state index contributed by atoms with van der Waals surface area (Å²) in [5.41, 5.74) is 24.9. The van der Waals surface area contributed by atoms with Crippen LogP contribution in [-0.4, -0.2) is 0 Å². The molecule has 0 aliphatic carbocycles. The van der Waals surface area contributed by atoms with E-state index in [4.69, 9.17) is 27.7 Å². The summed E-state index contributed by atoms with van der Waals surface area (Å²) in [6.45, 7) is 0. The SMILES string of the molecule is Nc1cccc(N)c1Oc1c(N)cccc1N. The van der Waals surface area contributed by atoms with Crippen LogP contribution in [0.1, 0.15) is 0 Å². The first-order valence-electron chi connectivity index (χ1n) is 5.05. The fourth-order valence-electron chi connectivity index (χ4n) is 1.48. The summed E-state index contributed by atoms with van der Waals surface area (Å²) >= 11 is 0. The summed E-state index contributed by atoms with van der Waals surface area (Å²) < 4.78 is 5.60. The molecule has 0 aliphatic heterocycles. The normalized spacial score (nSPS) is 10.1. The first-order chi connectivity index (χ1) is 8.09. The molecule has 0 unspecified atom stereocenters. The van der Waals surface area contributed by atoms with Crippen molar-refractivity contribution in [3.8, 4) is 11.5 Å². The van der Waals surface area contributed by atoms with Gasteiger partial charge in [0.2, 0.25) is 0 Å². The number of para-hydroxylation sites is 2. The van der Waals surface area contributed by atoms with E-state index in [1.165, 1.54) is 0 Å². The maximum absolute atomic E-state index is 5.78. The number of nitrogen functional groups attached to an aromatic ring is 4. The maximum atomic E-state index is 5.78. The largest absolute Gasteiger partial charge is 0.449 e. The van der Waals surface area contributed by atoms with E-state index in [2.05, 4.69) is 0 Å². The second-order valence-corrected chi connectivity index (χ2v) is 3.63. The van der Waals surface area contributed by atoms with Crippen LogP contribution in [0.15, 0.2) is 36.4 Å². The van der Waals surface area contributed by atoms with E-state index in [1.807, 2.05) is 0 Å². The highest BCUT2D eigenvalue weighted by atomic mass is 16.5. The van der Waals surface area contributed by atoms with Crippen LogP contribution < -0.4 is 27.7 Å². The molecule has 0 atom stereocenters. The average Bonchev–Trinajstić information content (AvgIpc) is 2.27. The van der Waals surface area contributed by atoms with Crippen molar-refractivity contribution >= 4 is 22.7 Å². The molecule has 0 saturated heterocycles. The molecule has 0 fully saturated rings. The standard InChI is InChI=1S/C12H14N4O/c13-7-3-1-4-8(14)11(7)17-12-9(15)5-2-6-10(12)16/h1-6H,13-16H2. The molecule has 0 heterocycles. The Labute approximate surface area is 99.0 Å². The van der Waals surface area contributed by atoms with E-state index < -0.39 is 0 Å². The highest BCUT2D eigenvalue weighted by molar-refractivity contribution is 5.73. The van der Waals surface area contributed by atoms with E-state index in [1.54, 1.807) is 36.4 Å². The summed E-state index contributed by atoms with van der Waals surface area (Å²) in [6, 6.07) is 10.3. The van der Waals surface area contributed by atoms with Crippen molar-refractivity contribution < 1.29 is 4.74 Å². The topological polar surface area (TPSA) is 113 Å². The van der Waals surface area contributed by atoms with Crippen molar-refractivity contribution in [1.82, 2.24) is 0 Å². The van der Waals surface area contributed by atoms with Gasteiger partial charge in [-0.1, -0.05) is 12.1 Å². The first-order valence-corrected chi connectivity index (χ1v) is 5.05. The first kappa shape index (κ1) is 10.9. The van der Waals surface area contributed by atoms with Crippen LogP contribution in [0.5, 0.6) is 11.5 Å². The van der Waals surface area contributed by atoms with Gasteiger partial charge in [-0.2, -0.15) is 0 Å². The van der Waals surface area contributed by atoms with E-state index in [0.717, 1.165) is 0 Å². The van der Waals surface area contributed by atoms with Crippen LogP contribution in [0.3, 0.4) is 0 Å². The lowest BCUT2D eigenvalue weighted by atomic mass is 10.2. The number of rotatable bonds is 2. The summed E-state index contributed by atoms with van der Waals surface area (Å²) in [4.78, 5) is 0. The lowest BCUT2D eigenvalue weighted by Crippen LogP contribution is -2.01. The summed E-state index contributed by atoms with van der Waals surface area (Å²) in [6.07, 6.45) is 0. The van der Waals surface area contributed by atoms with Gasteiger partial charge in [0.25, 0.3) is 0 Å². The molecule has 0 spiro atoms. The highest BCUT2D eigenvalue weighted by Gasteiger charge is 2.10. The Morgan fingerprint density at radius 3 is 1.18 bits per heavy atom. The molecule has 8 N–H and O–H groups in total. The summed E-state index contributed by atoms with van der Waals surface area (Å²) in [5.74, 6) is 0.745. The Hall–Kier alpha value is -2.56. The number of anilines is 4. The predicted octanol–water partition coefficient (Wildman–Crippen LogP) is 1.81. The molecule has 88 valence electrons. The van der Waals surface area contributed by atoms with Gasteiger partial charge < -0.3 is 27.7 Å². The van der Waals surface area contributed by atoms with Crippen molar-refractivity contribution in [3.05, 3.63) is 36.4 Å². The molecule has 2 aromatic carbocycles. The zero-order chi connectivity index (χ0) is 12.4. The quantitative estimate of drug-likeness (QED) is 0.587. The van der Waals surface area contributed by atoms with E-state index >= 15 is 0 Å². The summed E-state index contributed by atoms with van der Waals surface area (Å²) in [5, 5.41) is 0. The van der Waals surface area contributed by atoms with Gasteiger partial charge in [-0.15, -0.1) is 0 Å². The molecule has 0 saturated carbocycles. The third-order valence-electron chi connectivity index (χ3n) is 2.36. The fraction of sp³-hybridized carbons (Fsp3) is 0. The second-order valence-electron chi connectivity index (χ2n) is 3.63. The van der Waals surface area contributed by atoms with Crippen molar-refractivity contribution in [1.29, 1.82) is 0 Å². The van der Waals surface area contributed by atoms with Gasteiger partial charge in [0.05, 0.1) is 22.7 Å². The van der Waals surface area contributed by atoms with Crippen LogP contribution in [-0.2, 0) is 0 Å². The zero-order valence-corrected chi connectivity index (χ0v) is 9.18. The van der Waals surface area contributed by atoms with E-state index in [-0.39, 0.29) is 0 Å². The molecular formula is C12H14N4O. The van der Waals surface area contributed by atoms with Crippen LogP contribution >= 0.6 is 0 Å². The Balaban J connectivity index is 2.45. The number of hydrogen-bond donors (Lipinski definition) is 4. The van der Waals surface area contributed by atoms with Crippen molar-refractivity contribution in [2.24, 2.45) is 0 Å². The zero-order valence-electron chi connectivity index (χ0n) is 9.18. The molecular weight excluding hydrogens is 216 g/mol. The van der Waals surface area contributed by atoms with Gasteiger partial charge in [0.1, 0.15) is 0 Å². The minimum absolute atomic E-state index is 0.372. The highest BCUT2D eigenvalue weighted by Crippen LogP contribution is 2.38. The van der Waals surface area contributed by atoms with Crippen molar-refractivity contribution in [3.63, 3.8) is 0 Å². The van der Waals surface area contributed by atoms with Gasteiger partial charge >= 0.3 is 0 Å². The van der Waals surface area contributed by atoms with Gasteiger partial charge in [-0.3, -0.25) is 0 Å². The van der Waals surface area contributed by atoms with E-state index in [9.17, 15) is 0 Å². The van der Waals surface area contributed by atoms with Crippen LogP contribution in [0.2, 0.25) is 0 Å². The Morgan fingerprint density at radius 1 is 0.588 bits per heavy atom. The van der Waals surface area contributed by atoms with Gasteiger partial charge in [0.15, 0.2) is 11.5 Å². The number of hydrogen-bond acceptors (Lipinski definition) is 5. The molecule has 5 nitrogen and oxygen atoms in total. The Morgan fingerprint density at radius 2 is 0.882 bits per heavy atom. The van der Waals surface area contributed by atoms with Crippen molar-refractivity contribution in [2.75, 3.05) is 22.9 Å². The van der Waals surface area contributed by atoms with Crippen LogP contribution in [0.25, 0.3) is 0 Å². The minimum atomic E-state index is 0.372. The molecule has 0 amide bonds. The maximum Gasteiger partial charge on any atom is 0.173 e. The smallest absolute Gasteiger partial charge is 0.173 e. The average molecular weight is 230 g/mol. The molecule has 5 heteroatoms. The molecule has 0 aromatic heterocycles. The number of ether oxygens (including phenoxy) is 1. The molecule has 0 aliphatic rings. The lowest BCUT2D eigenvalue weighted by Gasteiger charge is -2.14. The second kappa shape index (κ2) is 4.13. The third kappa shape index (κ3) is 2.03. The predicted molar refractivity (Wildman–Crippen MR) is 70.6 cm³/mol. The molecule has 2 rings (SSSR count). The Kier molecular flexibility index (Phi) is 2.66. The lowest BCUT2D eigenvalue weighted by molar-refractivity contribution is 0.492. The third-order valence-corrected chi connectivity index (χ3v) is 2.36. The van der Waals surface area contributed by atoms with E-state index in [0.29, 0.717) is 34.2 Å². The van der Waals surface area contributed by atoms with Gasteiger partial charge in [0, 0.05) is 0 Å². The molecule has 2 aromatic rings. The minimum Gasteiger partial charge on any atom is -0.449 e. The van der Waals surface area contributed by atoms with Crippen LogP contribution in [0.4, 0.5) is 22.7 Å². The molecule has 0 radical (unpaired) electrons. The number of nitrogens with two attached hydrogens (primary N) is 4. The number of benzene rings is 2. The molecule has 17 heavy (non-hydrogen) atoms. The van der Waals surface area contributed by atoms with Gasteiger partial charge in [-0.05, 0) is 24.3 Å². The molecule has 0 bridgehead atoms. The monoisotopic (exact) mass is 230 g/mol. The Bertz CT molecular complexity index is 464. The van der Waals surface area contributed by atoms with Crippen LogP contribution in [0, 0.1) is 0 Å². The summed E-state index contributed by atoms with van der Waals surface area (Å²) in [7, 11) is 0.